The Hall–Kier alpha value is -1.43. The summed E-state index contributed by atoms with van der Waals surface area (Å²) in [5.41, 5.74) is 1.41. The van der Waals surface area contributed by atoms with E-state index in [1.165, 1.54) is 0 Å². The zero-order valence-electron chi connectivity index (χ0n) is 9.72. The molecule has 90 valence electrons. The zero-order chi connectivity index (χ0) is 12.4. The molecule has 0 atom stereocenters. The molecule has 6 heteroatoms. The fourth-order valence-corrected chi connectivity index (χ4v) is 1.98. The molecule has 0 aliphatic carbocycles. The van der Waals surface area contributed by atoms with Gasteiger partial charge in [-0.2, -0.15) is 10.1 Å². The summed E-state index contributed by atoms with van der Waals surface area (Å²) in [6.07, 6.45) is 3.59. The first kappa shape index (κ1) is 12.0. The van der Waals surface area contributed by atoms with Crippen molar-refractivity contribution in [3.63, 3.8) is 0 Å². The van der Waals surface area contributed by atoms with Crippen molar-refractivity contribution < 1.29 is 0 Å². The average Bonchev–Trinajstić information content (AvgIpc) is 2.79. The standard InChI is InChI=1S/C11H13BrN4O/c1-8-10(12)9(2)16(11(17)14-8)7-6-15-5-3-4-13-15/h3-5H,6-7H2,1-2H3. The summed E-state index contributed by atoms with van der Waals surface area (Å²) >= 11 is 3.44. The minimum Gasteiger partial charge on any atom is -0.294 e. The molecule has 0 saturated heterocycles. The van der Waals surface area contributed by atoms with E-state index in [0.717, 1.165) is 15.9 Å². The van der Waals surface area contributed by atoms with Gasteiger partial charge in [-0.3, -0.25) is 9.25 Å². The van der Waals surface area contributed by atoms with Gasteiger partial charge < -0.3 is 0 Å². The number of aryl methyl sites for hydroxylation is 2. The molecular formula is C11H13BrN4O. The predicted octanol–water partition coefficient (Wildman–Crippen LogP) is 1.52. The molecule has 17 heavy (non-hydrogen) atoms. The summed E-state index contributed by atoms with van der Waals surface area (Å²) in [6.45, 7) is 4.95. The van der Waals surface area contributed by atoms with Gasteiger partial charge in [0, 0.05) is 24.6 Å². The molecule has 2 aromatic rings. The second-order valence-electron chi connectivity index (χ2n) is 3.80. The van der Waals surface area contributed by atoms with Crippen LogP contribution in [0.4, 0.5) is 0 Å². The van der Waals surface area contributed by atoms with Gasteiger partial charge in [0.1, 0.15) is 0 Å². The minimum atomic E-state index is -0.213. The van der Waals surface area contributed by atoms with E-state index in [1.54, 1.807) is 15.4 Å². The number of nitrogens with zero attached hydrogens (tertiary/aromatic N) is 4. The van der Waals surface area contributed by atoms with Crippen molar-refractivity contribution >= 4 is 15.9 Å². The van der Waals surface area contributed by atoms with E-state index in [0.29, 0.717) is 13.1 Å². The molecule has 0 unspecified atom stereocenters. The van der Waals surface area contributed by atoms with E-state index in [-0.39, 0.29) is 5.69 Å². The molecule has 0 aliphatic heterocycles. The van der Waals surface area contributed by atoms with Crippen LogP contribution in [-0.2, 0) is 13.1 Å². The molecule has 0 aliphatic rings. The molecule has 0 amide bonds. The second kappa shape index (κ2) is 4.83. The molecule has 2 rings (SSSR count). The van der Waals surface area contributed by atoms with Crippen molar-refractivity contribution in [3.05, 3.63) is 44.8 Å². The Morgan fingerprint density at radius 2 is 2.12 bits per heavy atom. The number of rotatable bonds is 3. The number of hydrogen-bond donors (Lipinski definition) is 0. The molecule has 0 spiro atoms. The van der Waals surface area contributed by atoms with E-state index >= 15 is 0 Å². The van der Waals surface area contributed by atoms with Gasteiger partial charge in [-0.25, -0.2) is 4.79 Å². The SMILES string of the molecule is Cc1nc(=O)n(CCn2cccn2)c(C)c1Br. The van der Waals surface area contributed by atoms with Crippen LogP contribution in [0.2, 0.25) is 0 Å². The van der Waals surface area contributed by atoms with Crippen LogP contribution in [0.25, 0.3) is 0 Å². The van der Waals surface area contributed by atoms with Gasteiger partial charge in [0.2, 0.25) is 0 Å². The highest BCUT2D eigenvalue weighted by Crippen LogP contribution is 2.16. The van der Waals surface area contributed by atoms with Gasteiger partial charge in [0.15, 0.2) is 0 Å². The maximum atomic E-state index is 11.8. The Bertz CT molecular complexity index is 574. The molecule has 0 bridgehead atoms. The van der Waals surface area contributed by atoms with Gasteiger partial charge in [0.05, 0.1) is 16.7 Å². The maximum Gasteiger partial charge on any atom is 0.348 e. The molecule has 0 N–H and O–H groups in total. The van der Waals surface area contributed by atoms with E-state index in [2.05, 4.69) is 26.0 Å². The number of aromatic nitrogens is 4. The molecule has 0 aromatic carbocycles. The summed E-state index contributed by atoms with van der Waals surface area (Å²) < 4.78 is 4.33. The fourth-order valence-electron chi connectivity index (χ4n) is 1.68. The Morgan fingerprint density at radius 1 is 1.35 bits per heavy atom. The third kappa shape index (κ3) is 2.46. The summed E-state index contributed by atoms with van der Waals surface area (Å²) in [6, 6.07) is 1.86. The highest BCUT2D eigenvalue weighted by Gasteiger charge is 2.08. The van der Waals surface area contributed by atoms with Gasteiger partial charge in [-0.1, -0.05) is 0 Å². The van der Waals surface area contributed by atoms with E-state index < -0.39 is 0 Å². The largest absolute Gasteiger partial charge is 0.348 e. The van der Waals surface area contributed by atoms with Crippen LogP contribution in [0.5, 0.6) is 0 Å². The highest BCUT2D eigenvalue weighted by atomic mass is 79.9. The third-order valence-corrected chi connectivity index (χ3v) is 3.79. The van der Waals surface area contributed by atoms with Crippen molar-refractivity contribution in [2.45, 2.75) is 26.9 Å². The third-order valence-electron chi connectivity index (χ3n) is 2.65. The summed E-state index contributed by atoms with van der Waals surface area (Å²) in [4.78, 5) is 15.7. The van der Waals surface area contributed by atoms with Gasteiger partial charge >= 0.3 is 5.69 Å². The van der Waals surface area contributed by atoms with Crippen molar-refractivity contribution in [2.75, 3.05) is 0 Å². The zero-order valence-corrected chi connectivity index (χ0v) is 11.3. The minimum absolute atomic E-state index is 0.213. The van der Waals surface area contributed by atoms with Crippen LogP contribution in [0.15, 0.2) is 27.7 Å². The first-order valence-corrected chi connectivity index (χ1v) is 6.10. The Kier molecular flexibility index (Phi) is 3.42. The Labute approximate surface area is 107 Å². The molecule has 0 fully saturated rings. The summed E-state index contributed by atoms with van der Waals surface area (Å²) in [5, 5.41) is 4.10. The Balaban J connectivity index is 2.27. The van der Waals surface area contributed by atoms with Gasteiger partial charge in [-0.05, 0) is 35.8 Å². The van der Waals surface area contributed by atoms with Crippen molar-refractivity contribution in [3.8, 4) is 0 Å². The monoisotopic (exact) mass is 296 g/mol. The van der Waals surface area contributed by atoms with Gasteiger partial charge in [0.25, 0.3) is 0 Å². The predicted molar refractivity (Wildman–Crippen MR) is 67.9 cm³/mol. The van der Waals surface area contributed by atoms with Gasteiger partial charge in [-0.15, -0.1) is 0 Å². The molecule has 2 aromatic heterocycles. The first-order chi connectivity index (χ1) is 8.09. The van der Waals surface area contributed by atoms with E-state index in [9.17, 15) is 4.79 Å². The molecule has 0 saturated carbocycles. The van der Waals surface area contributed by atoms with Crippen LogP contribution in [0, 0.1) is 13.8 Å². The lowest BCUT2D eigenvalue weighted by molar-refractivity contribution is 0.507. The lowest BCUT2D eigenvalue weighted by atomic mass is 10.3. The number of halogens is 1. The van der Waals surface area contributed by atoms with E-state index in [1.807, 2.05) is 26.1 Å². The topological polar surface area (TPSA) is 52.7 Å². The van der Waals surface area contributed by atoms with Crippen molar-refractivity contribution in [1.29, 1.82) is 0 Å². The fraction of sp³-hybridized carbons (Fsp3) is 0.364. The summed E-state index contributed by atoms with van der Waals surface area (Å²) in [7, 11) is 0. The first-order valence-electron chi connectivity index (χ1n) is 5.30. The smallest absolute Gasteiger partial charge is 0.294 e. The summed E-state index contributed by atoms with van der Waals surface area (Å²) in [5.74, 6) is 0. The van der Waals surface area contributed by atoms with Crippen LogP contribution in [0.1, 0.15) is 11.4 Å². The van der Waals surface area contributed by atoms with Crippen LogP contribution < -0.4 is 5.69 Å². The molecule has 0 radical (unpaired) electrons. The number of hydrogen-bond acceptors (Lipinski definition) is 3. The second-order valence-corrected chi connectivity index (χ2v) is 4.59. The van der Waals surface area contributed by atoms with Crippen LogP contribution >= 0.6 is 15.9 Å². The molecule has 5 nitrogen and oxygen atoms in total. The maximum absolute atomic E-state index is 11.8. The Morgan fingerprint density at radius 3 is 2.76 bits per heavy atom. The lowest BCUT2D eigenvalue weighted by Gasteiger charge is -2.11. The normalized spacial score (nSPS) is 10.8. The van der Waals surface area contributed by atoms with Crippen LogP contribution in [0.3, 0.4) is 0 Å². The van der Waals surface area contributed by atoms with Crippen molar-refractivity contribution in [2.24, 2.45) is 0 Å². The highest BCUT2D eigenvalue weighted by molar-refractivity contribution is 9.10. The van der Waals surface area contributed by atoms with Crippen LogP contribution in [-0.4, -0.2) is 19.3 Å². The van der Waals surface area contributed by atoms with Crippen molar-refractivity contribution in [1.82, 2.24) is 19.3 Å². The quantitative estimate of drug-likeness (QED) is 0.863. The average molecular weight is 297 g/mol. The molecule has 2 heterocycles. The van der Waals surface area contributed by atoms with E-state index in [4.69, 9.17) is 0 Å². The lowest BCUT2D eigenvalue weighted by Crippen LogP contribution is -2.28. The molecular weight excluding hydrogens is 284 g/mol.